The van der Waals surface area contributed by atoms with Crippen LogP contribution in [0.5, 0.6) is 0 Å². The molecule has 0 bridgehead atoms. The molecule has 0 aliphatic carbocycles. The summed E-state index contributed by atoms with van der Waals surface area (Å²) in [5, 5.41) is 3.61. The van der Waals surface area contributed by atoms with Gasteiger partial charge < -0.3 is 0 Å². The maximum absolute atomic E-state index is 5.56. The van der Waals surface area contributed by atoms with E-state index < -0.39 is 0 Å². The Morgan fingerprint density at radius 2 is 2.25 bits per heavy atom. The maximum atomic E-state index is 5.56. The van der Waals surface area contributed by atoms with Crippen LogP contribution in [0.4, 0.5) is 0 Å². The molecule has 1 heterocycles. The summed E-state index contributed by atoms with van der Waals surface area (Å²) in [6, 6.07) is 8.89. The fraction of sp³-hybridized carbons (Fsp3) is 0.333. The minimum absolute atomic E-state index is 0.355. The van der Waals surface area contributed by atoms with E-state index in [0.29, 0.717) is 6.04 Å². The molecule has 1 aromatic carbocycles. The van der Waals surface area contributed by atoms with Gasteiger partial charge in [0.05, 0.1) is 0 Å². The van der Waals surface area contributed by atoms with E-state index in [4.69, 9.17) is 5.84 Å². The van der Waals surface area contributed by atoms with Gasteiger partial charge in [0.2, 0.25) is 0 Å². The third-order valence-electron chi connectivity index (χ3n) is 2.63. The second-order valence-electron chi connectivity index (χ2n) is 3.78. The average Bonchev–Trinajstić information content (AvgIpc) is 2.72. The number of nitrogens with one attached hydrogen (secondary N) is 1. The first kappa shape index (κ1) is 11.9. The molecule has 1 unspecified atom stereocenters. The average molecular weight is 252 g/mol. The van der Waals surface area contributed by atoms with E-state index >= 15 is 0 Å². The molecule has 16 heavy (non-hydrogen) atoms. The lowest BCUT2D eigenvalue weighted by Crippen LogP contribution is -2.38. The molecule has 0 fully saturated rings. The van der Waals surface area contributed by atoms with Gasteiger partial charge in [0.25, 0.3) is 0 Å². The maximum Gasteiger partial charge on any atom is 0.0345 e. The Kier molecular flexibility index (Phi) is 4.23. The van der Waals surface area contributed by atoms with Crippen LogP contribution < -0.4 is 11.3 Å². The van der Waals surface area contributed by atoms with E-state index in [1.54, 1.807) is 0 Å². The van der Waals surface area contributed by atoms with Crippen molar-refractivity contribution in [2.75, 3.05) is 12.0 Å². The van der Waals surface area contributed by atoms with Gasteiger partial charge in [-0.15, -0.1) is 11.3 Å². The van der Waals surface area contributed by atoms with Crippen molar-refractivity contribution in [3.8, 4) is 0 Å². The van der Waals surface area contributed by atoms with Gasteiger partial charge in [-0.25, -0.2) is 0 Å². The summed E-state index contributed by atoms with van der Waals surface area (Å²) in [6.07, 6.45) is 3.11. The van der Waals surface area contributed by atoms with E-state index in [0.717, 1.165) is 12.2 Å². The smallest absolute Gasteiger partial charge is 0.0345 e. The van der Waals surface area contributed by atoms with E-state index in [1.807, 2.05) is 23.1 Å². The molecule has 0 amide bonds. The molecular formula is C12H16N2S2. The van der Waals surface area contributed by atoms with Gasteiger partial charge in [-0.1, -0.05) is 18.2 Å². The summed E-state index contributed by atoms with van der Waals surface area (Å²) in [7, 11) is 0. The summed E-state index contributed by atoms with van der Waals surface area (Å²) < 4.78 is 1.36. The van der Waals surface area contributed by atoms with Crippen LogP contribution in [0, 0.1) is 0 Å². The molecule has 1 aromatic heterocycles. The van der Waals surface area contributed by atoms with E-state index in [1.165, 1.54) is 15.6 Å². The van der Waals surface area contributed by atoms with Crippen LogP contribution in [0.3, 0.4) is 0 Å². The third kappa shape index (κ3) is 2.58. The van der Waals surface area contributed by atoms with Crippen molar-refractivity contribution in [1.82, 2.24) is 5.43 Å². The van der Waals surface area contributed by atoms with Crippen LogP contribution in [0.2, 0.25) is 0 Å². The number of hydrogen-bond acceptors (Lipinski definition) is 4. The molecule has 2 aromatic rings. The fourth-order valence-electron chi connectivity index (χ4n) is 1.82. The predicted octanol–water partition coefficient (Wildman–Crippen LogP) is 2.64. The molecule has 0 spiro atoms. The van der Waals surface area contributed by atoms with Gasteiger partial charge in [0.1, 0.15) is 0 Å². The molecule has 2 nitrogen and oxygen atoms in total. The van der Waals surface area contributed by atoms with Gasteiger partial charge in [-0.05, 0) is 35.1 Å². The highest BCUT2D eigenvalue weighted by atomic mass is 32.2. The van der Waals surface area contributed by atoms with Crippen molar-refractivity contribution in [1.29, 1.82) is 0 Å². The summed E-state index contributed by atoms with van der Waals surface area (Å²) in [5.41, 5.74) is 4.29. The number of rotatable bonds is 5. The number of thiophene rings is 1. The van der Waals surface area contributed by atoms with Crippen LogP contribution in [0.1, 0.15) is 5.56 Å². The zero-order valence-corrected chi connectivity index (χ0v) is 10.9. The Labute approximate surface area is 104 Å². The van der Waals surface area contributed by atoms with Crippen LogP contribution in [-0.4, -0.2) is 18.1 Å². The van der Waals surface area contributed by atoms with Crippen molar-refractivity contribution < 1.29 is 0 Å². The molecule has 0 aliphatic rings. The normalized spacial score (nSPS) is 13.1. The Bertz CT molecular complexity index is 453. The second-order valence-corrected chi connectivity index (χ2v) is 5.60. The molecule has 2 rings (SSSR count). The van der Waals surface area contributed by atoms with Gasteiger partial charge in [0, 0.05) is 16.5 Å². The molecule has 4 heteroatoms. The number of thioether (sulfide) groups is 1. The topological polar surface area (TPSA) is 38.0 Å². The highest BCUT2D eigenvalue weighted by molar-refractivity contribution is 7.98. The van der Waals surface area contributed by atoms with Crippen LogP contribution in [-0.2, 0) is 6.42 Å². The van der Waals surface area contributed by atoms with Crippen LogP contribution in [0.25, 0.3) is 10.1 Å². The molecule has 0 radical (unpaired) electrons. The summed E-state index contributed by atoms with van der Waals surface area (Å²) in [5.74, 6) is 6.60. The number of benzene rings is 1. The Morgan fingerprint density at radius 1 is 1.44 bits per heavy atom. The number of hydrogen-bond donors (Lipinski definition) is 2. The zero-order valence-electron chi connectivity index (χ0n) is 9.27. The first-order valence-electron chi connectivity index (χ1n) is 5.25. The number of hydrazine groups is 1. The predicted molar refractivity (Wildman–Crippen MR) is 75.0 cm³/mol. The lowest BCUT2D eigenvalue weighted by Gasteiger charge is -2.13. The zero-order chi connectivity index (χ0) is 11.4. The van der Waals surface area contributed by atoms with E-state index in [-0.39, 0.29) is 0 Å². The molecular weight excluding hydrogens is 236 g/mol. The molecule has 1 atom stereocenters. The number of nitrogens with two attached hydrogens (primary N) is 1. The SMILES string of the molecule is CSCC(Cc1csc2ccccc12)NN. The highest BCUT2D eigenvalue weighted by Crippen LogP contribution is 2.26. The Morgan fingerprint density at radius 3 is 3.00 bits per heavy atom. The lowest BCUT2D eigenvalue weighted by atomic mass is 10.1. The first-order chi connectivity index (χ1) is 7.85. The highest BCUT2D eigenvalue weighted by Gasteiger charge is 2.10. The van der Waals surface area contributed by atoms with Gasteiger partial charge in [-0.3, -0.25) is 11.3 Å². The summed E-state index contributed by atoms with van der Waals surface area (Å²) in [4.78, 5) is 0. The van der Waals surface area contributed by atoms with Gasteiger partial charge >= 0.3 is 0 Å². The Balaban J connectivity index is 2.20. The van der Waals surface area contributed by atoms with Crippen molar-refractivity contribution >= 4 is 33.2 Å². The minimum atomic E-state index is 0.355. The third-order valence-corrected chi connectivity index (χ3v) is 4.38. The standard InChI is InChI=1S/C12H16N2S2/c1-15-8-10(14-13)6-9-7-16-12-5-3-2-4-11(9)12/h2-5,7,10,14H,6,8,13H2,1H3. The largest absolute Gasteiger partial charge is 0.271 e. The van der Waals surface area contributed by atoms with Crippen molar-refractivity contribution in [2.45, 2.75) is 12.5 Å². The van der Waals surface area contributed by atoms with Crippen molar-refractivity contribution in [2.24, 2.45) is 5.84 Å². The van der Waals surface area contributed by atoms with Crippen LogP contribution in [0.15, 0.2) is 29.6 Å². The van der Waals surface area contributed by atoms with Crippen molar-refractivity contribution in [3.05, 3.63) is 35.2 Å². The number of fused-ring (bicyclic) bond motifs is 1. The van der Waals surface area contributed by atoms with Gasteiger partial charge in [-0.2, -0.15) is 11.8 Å². The quantitative estimate of drug-likeness (QED) is 0.634. The first-order valence-corrected chi connectivity index (χ1v) is 7.52. The molecule has 0 saturated carbocycles. The van der Waals surface area contributed by atoms with Gasteiger partial charge in [0.15, 0.2) is 0 Å². The molecule has 0 saturated heterocycles. The van der Waals surface area contributed by atoms with E-state index in [2.05, 4.69) is 41.3 Å². The Hall–Kier alpha value is -0.550. The lowest BCUT2D eigenvalue weighted by molar-refractivity contribution is 0.578. The van der Waals surface area contributed by atoms with E-state index in [9.17, 15) is 0 Å². The summed E-state index contributed by atoms with van der Waals surface area (Å²) >= 11 is 3.63. The monoisotopic (exact) mass is 252 g/mol. The fourth-order valence-corrected chi connectivity index (χ4v) is 3.42. The molecule has 86 valence electrons. The van der Waals surface area contributed by atoms with Crippen LogP contribution >= 0.6 is 23.1 Å². The molecule has 0 aliphatic heterocycles. The minimum Gasteiger partial charge on any atom is -0.271 e. The second kappa shape index (κ2) is 5.68. The summed E-state index contributed by atoms with van der Waals surface area (Å²) in [6.45, 7) is 0. The molecule has 3 N–H and O–H groups in total. The van der Waals surface area contributed by atoms with Crippen molar-refractivity contribution in [3.63, 3.8) is 0 Å².